The topological polar surface area (TPSA) is 94.2 Å². The Labute approximate surface area is 184 Å². The summed E-state index contributed by atoms with van der Waals surface area (Å²) in [4.78, 5) is 12.7. The number of aryl methyl sites for hydroxylation is 2. The van der Waals surface area contributed by atoms with Crippen LogP contribution in [0.2, 0.25) is 0 Å². The van der Waals surface area contributed by atoms with Crippen LogP contribution < -0.4 is 23.8 Å². The zero-order valence-electron chi connectivity index (χ0n) is 18.8. The van der Waals surface area contributed by atoms with Crippen LogP contribution in [0.3, 0.4) is 0 Å². The SMILES string of the molecule is COc1ccc(N([C@H](C)C(=O)NCCOc2cc(C)ccc2C)S(C)(=O)=O)cc1OC. The minimum atomic E-state index is -3.75. The molecule has 8 nitrogen and oxygen atoms in total. The van der Waals surface area contributed by atoms with E-state index in [9.17, 15) is 13.2 Å². The number of hydrogen-bond acceptors (Lipinski definition) is 6. The van der Waals surface area contributed by atoms with Crippen LogP contribution in [-0.2, 0) is 14.8 Å². The summed E-state index contributed by atoms with van der Waals surface area (Å²) in [5.74, 6) is 1.14. The summed E-state index contributed by atoms with van der Waals surface area (Å²) >= 11 is 0. The lowest BCUT2D eigenvalue weighted by molar-refractivity contribution is -0.121. The summed E-state index contributed by atoms with van der Waals surface area (Å²) in [5, 5.41) is 2.73. The molecule has 2 aromatic rings. The highest BCUT2D eigenvalue weighted by Crippen LogP contribution is 2.33. The van der Waals surface area contributed by atoms with Crippen molar-refractivity contribution in [2.45, 2.75) is 26.8 Å². The molecular weight excluding hydrogens is 420 g/mol. The molecule has 0 radical (unpaired) electrons. The van der Waals surface area contributed by atoms with Crippen molar-refractivity contribution in [1.82, 2.24) is 5.32 Å². The van der Waals surface area contributed by atoms with E-state index in [1.165, 1.54) is 27.2 Å². The maximum absolute atomic E-state index is 12.7. The van der Waals surface area contributed by atoms with Gasteiger partial charge in [-0.2, -0.15) is 0 Å². The lowest BCUT2D eigenvalue weighted by atomic mass is 10.1. The van der Waals surface area contributed by atoms with E-state index in [2.05, 4.69) is 5.32 Å². The molecule has 170 valence electrons. The van der Waals surface area contributed by atoms with Gasteiger partial charge in [-0.15, -0.1) is 0 Å². The first-order valence-corrected chi connectivity index (χ1v) is 11.6. The summed E-state index contributed by atoms with van der Waals surface area (Å²) in [6.45, 7) is 5.95. The second kappa shape index (κ2) is 10.4. The summed E-state index contributed by atoms with van der Waals surface area (Å²) in [7, 11) is -0.801. The smallest absolute Gasteiger partial charge is 0.243 e. The zero-order chi connectivity index (χ0) is 23.2. The second-order valence-electron chi connectivity index (χ2n) is 7.18. The highest BCUT2D eigenvalue weighted by atomic mass is 32.2. The van der Waals surface area contributed by atoms with Crippen LogP contribution in [0.4, 0.5) is 5.69 Å². The fraction of sp³-hybridized carbons (Fsp3) is 0.409. The Morgan fingerprint density at radius 2 is 1.71 bits per heavy atom. The second-order valence-corrected chi connectivity index (χ2v) is 9.04. The quantitative estimate of drug-likeness (QED) is 0.560. The minimum Gasteiger partial charge on any atom is -0.493 e. The number of nitrogens with zero attached hydrogens (tertiary/aromatic N) is 1. The fourth-order valence-electron chi connectivity index (χ4n) is 3.12. The lowest BCUT2D eigenvalue weighted by Gasteiger charge is -2.28. The predicted octanol–water partition coefficient (Wildman–Crippen LogP) is 2.67. The Morgan fingerprint density at radius 1 is 1.03 bits per heavy atom. The highest BCUT2D eigenvalue weighted by molar-refractivity contribution is 7.92. The molecule has 2 rings (SSSR count). The van der Waals surface area contributed by atoms with Crippen molar-refractivity contribution in [2.75, 3.05) is 37.9 Å². The maximum Gasteiger partial charge on any atom is 0.243 e. The highest BCUT2D eigenvalue weighted by Gasteiger charge is 2.29. The zero-order valence-corrected chi connectivity index (χ0v) is 19.6. The van der Waals surface area contributed by atoms with Gasteiger partial charge in [0.15, 0.2) is 11.5 Å². The number of nitrogens with one attached hydrogen (secondary N) is 1. The Kier molecular flexibility index (Phi) is 8.15. The van der Waals surface area contributed by atoms with Crippen LogP contribution in [0.5, 0.6) is 17.2 Å². The number of sulfonamides is 1. The van der Waals surface area contributed by atoms with Crippen molar-refractivity contribution < 1.29 is 27.4 Å². The maximum atomic E-state index is 12.7. The van der Waals surface area contributed by atoms with Gasteiger partial charge in [0.05, 0.1) is 32.7 Å². The largest absolute Gasteiger partial charge is 0.493 e. The van der Waals surface area contributed by atoms with Crippen LogP contribution in [-0.4, -0.2) is 54.0 Å². The number of carbonyl (C=O) groups is 1. The molecule has 0 aromatic heterocycles. The summed E-state index contributed by atoms with van der Waals surface area (Å²) in [5.41, 5.74) is 2.38. The Morgan fingerprint density at radius 3 is 2.32 bits per heavy atom. The molecule has 1 N–H and O–H groups in total. The molecule has 0 fully saturated rings. The average Bonchev–Trinajstić information content (AvgIpc) is 2.72. The van der Waals surface area contributed by atoms with E-state index in [1.807, 2.05) is 32.0 Å². The standard InChI is InChI=1S/C22H30N2O6S/c1-15-7-8-16(2)20(13-15)30-12-11-23-22(25)17(3)24(31(6,26)27)18-9-10-19(28-4)21(14-18)29-5/h7-10,13-14,17H,11-12H2,1-6H3,(H,23,25)/t17-/m1/s1. The molecule has 0 aliphatic heterocycles. The molecule has 0 heterocycles. The van der Waals surface area contributed by atoms with Crippen LogP contribution in [0.1, 0.15) is 18.1 Å². The number of hydrogen-bond donors (Lipinski definition) is 1. The van der Waals surface area contributed by atoms with Gasteiger partial charge in [0.1, 0.15) is 18.4 Å². The molecule has 0 saturated heterocycles. The predicted molar refractivity (Wildman–Crippen MR) is 121 cm³/mol. The molecule has 0 saturated carbocycles. The van der Waals surface area contributed by atoms with Gasteiger partial charge < -0.3 is 19.5 Å². The average molecular weight is 451 g/mol. The van der Waals surface area contributed by atoms with Crippen molar-refractivity contribution in [3.8, 4) is 17.2 Å². The molecule has 0 bridgehead atoms. The number of rotatable bonds is 10. The molecule has 2 aromatic carbocycles. The molecule has 1 atom stereocenters. The van der Waals surface area contributed by atoms with Gasteiger partial charge in [-0.1, -0.05) is 12.1 Å². The summed E-state index contributed by atoms with van der Waals surface area (Å²) < 4.78 is 42.2. The lowest BCUT2D eigenvalue weighted by Crippen LogP contribution is -2.48. The third-order valence-corrected chi connectivity index (χ3v) is 5.95. The summed E-state index contributed by atoms with van der Waals surface area (Å²) in [6, 6.07) is 9.60. The minimum absolute atomic E-state index is 0.236. The Hall–Kier alpha value is -2.94. The van der Waals surface area contributed by atoms with Crippen molar-refractivity contribution >= 4 is 21.6 Å². The first-order valence-electron chi connectivity index (χ1n) is 9.77. The van der Waals surface area contributed by atoms with Crippen molar-refractivity contribution in [1.29, 1.82) is 0 Å². The number of ether oxygens (including phenoxy) is 3. The first kappa shape index (κ1) is 24.3. The van der Waals surface area contributed by atoms with Crippen molar-refractivity contribution in [3.63, 3.8) is 0 Å². The summed E-state index contributed by atoms with van der Waals surface area (Å²) in [6.07, 6.45) is 1.05. The third kappa shape index (κ3) is 6.27. The van der Waals surface area contributed by atoms with E-state index < -0.39 is 22.0 Å². The number of anilines is 1. The van der Waals surface area contributed by atoms with E-state index in [1.54, 1.807) is 12.1 Å². The molecular formula is C22H30N2O6S. The normalized spacial score (nSPS) is 12.1. The third-order valence-electron chi connectivity index (χ3n) is 4.71. The molecule has 9 heteroatoms. The van der Waals surface area contributed by atoms with E-state index in [0.717, 1.165) is 27.4 Å². The molecule has 0 unspecified atom stereocenters. The van der Waals surface area contributed by atoms with Crippen molar-refractivity contribution in [3.05, 3.63) is 47.5 Å². The van der Waals surface area contributed by atoms with Gasteiger partial charge in [-0.3, -0.25) is 9.10 Å². The van der Waals surface area contributed by atoms with Gasteiger partial charge >= 0.3 is 0 Å². The Bertz CT molecular complexity index is 1020. The van der Waals surface area contributed by atoms with E-state index in [0.29, 0.717) is 17.2 Å². The van der Waals surface area contributed by atoms with E-state index >= 15 is 0 Å². The number of amides is 1. The van der Waals surface area contributed by atoms with Crippen LogP contribution in [0.25, 0.3) is 0 Å². The monoisotopic (exact) mass is 450 g/mol. The van der Waals surface area contributed by atoms with Gasteiger partial charge in [0.25, 0.3) is 0 Å². The molecule has 0 aliphatic rings. The van der Waals surface area contributed by atoms with E-state index in [4.69, 9.17) is 14.2 Å². The molecule has 0 aliphatic carbocycles. The number of carbonyl (C=O) groups excluding carboxylic acids is 1. The van der Waals surface area contributed by atoms with Crippen LogP contribution in [0, 0.1) is 13.8 Å². The van der Waals surface area contributed by atoms with E-state index in [-0.39, 0.29) is 13.2 Å². The number of benzene rings is 2. The van der Waals surface area contributed by atoms with Crippen molar-refractivity contribution in [2.24, 2.45) is 0 Å². The van der Waals surface area contributed by atoms with Gasteiger partial charge in [-0.05, 0) is 50.1 Å². The van der Waals surface area contributed by atoms with Crippen LogP contribution >= 0.6 is 0 Å². The number of methoxy groups -OCH3 is 2. The van der Waals surface area contributed by atoms with Crippen LogP contribution in [0.15, 0.2) is 36.4 Å². The molecule has 31 heavy (non-hydrogen) atoms. The van der Waals surface area contributed by atoms with Gasteiger partial charge in [0.2, 0.25) is 15.9 Å². The fourth-order valence-corrected chi connectivity index (χ4v) is 4.28. The van der Waals surface area contributed by atoms with Gasteiger partial charge in [0, 0.05) is 6.07 Å². The van der Waals surface area contributed by atoms with Gasteiger partial charge in [-0.25, -0.2) is 8.42 Å². The first-order chi connectivity index (χ1) is 14.6. The Balaban J connectivity index is 2.09. The molecule has 0 spiro atoms. The molecule has 1 amide bonds.